The summed E-state index contributed by atoms with van der Waals surface area (Å²) in [6, 6.07) is 3.46. The Morgan fingerprint density at radius 3 is 2.89 bits per heavy atom. The van der Waals surface area contributed by atoms with Crippen molar-refractivity contribution < 1.29 is 4.79 Å². The standard InChI is InChI=1S/C12H19ClN4O/c1-3-8(2)16-12(18)4-5-15-11-7-9(14)6-10(13)17-11/h6-8H,3-5H2,1-2H3,(H,16,18)(H3,14,15,17). The third-order valence-corrected chi connectivity index (χ3v) is 2.69. The predicted octanol–water partition coefficient (Wildman–Crippen LogP) is 2.03. The zero-order chi connectivity index (χ0) is 13.5. The van der Waals surface area contributed by atoms with E-state index in [1.165, 1.54) is 0 Å². The maximum atomic E-state index is 11.5. The molecule has 0 saturated heterocycles. The Morgan fingerprint density at radius 1 is 1.56 bits per heavy atom. The van der Waals surface area contributed by atoms with Crippen molar-refractivity contribution in [2.75, 3.05) is 17.6 Å². The van der Waals surface area contributed by atoms with Gasteiger partial charge in [0.05, 0.1) is 0 Å². The molecule has 0 aliphatic heterocycles. The van der Waals surface area contributed by atoms with Crippen molar-refractivity contribution in [1.29, 1.82) is 0 Å². The number of nitrogens with zero attached hydrogens (tertiary/aromatic N) is 1. The molecule has 0 fully saturated rings. The second-order valence-corrected chi connectivity index (χ2v) is 4.55. The van der Waals surface area contributed by atoms with Gasteiger partial charge >= 0.3 is 0 Å². The Morgan fingerprint density at radius 2 is 2.28 bits per heavy atom. The number of nitrogens with one attached hydrogen (secondary N) is 2. The minimum Gasteiger partial charge on any atom is -0.399 e. The number of halogens is 1. The molecule has 0 saturated carbocycles. The van der Waals surface area contributed by atoms with Crippen LogP contribution in [0.2, 0.25) is 5.15 Å². The number of pyridine rings is 1. The smallest absolute Gasteiger partial charge is 0.221 e. The second-order valence-electron chi connectivity index (χ2n) is 4.16. The van der Waals surface area contributed by atoms with E-state index in [4.69, 9.17) is 17.3 Å². The molecule has 18 heavy (non-hydrogen) atoms. The normalized spacial score (nSPS) is 11.9. The molecule has 1 atom stereocenters. The molecule has 1 heterocycles. The van der Waals surface area contributed by atoms with Crippen LogP contribution in [0.4, 0.5) is 11.5 Å². The highest BCUT2D eigenvalue weighted by Gasteiger charge is 2.05. The number of amides is 1. The lowest BCUT2D eigenvalue weighted by atomic mass is 10.2. The summed E-state index contributed by atoms with van der Waals surface area (Å²) in [5, 5.41) is 6.24. The third kappa shape index (κ3) is 5.23. The fourth-order valence-electron chi connectivity index (χ4n) is 1.36. The summed E-state index contributed by atoms with van der Waals surface area (Å²) in [6.45, 7) is 4.50. The van der Waals surface area contributed by atoms with Crippen LogP contribution in [-0.4, -0.2) is 23.5 Å². The number of carbonyl (C=O) groups is 1. The number of rotatable bonds is 6. The van der Waals surface area contributed by atoms with E-state index in [1.54, 1.807) is 12.1 Å². The topological polar surface area (TPSA) is 80.0 Å². The fraction of sp³-hybridized carbons (Fsp3) is 0.500. The van der Waals surface area contributed by atoms with Crippen molar-refractivity contribution in [2.45, 2.75) is 32.7 Å². The molecule has 0 bridgehead atoms. The van der Waals surface area contributed by atoms with Gasteiger partial charge in [0, 0.05) is 30.8 Å². The largest absolute Gasteiger partial charge is 0.399 e. The molecule has 5 nitrogen and oxygen atoms in total. The first kappa shape index (κ1) is 14.6. The summed E-state index contributed by atoms with van der Waals surface area (Å²) in [6.07, 6.45) is 1.31. The van der Waals surface area contributed by atoms with Gasteiger partial charge in [-0.2, -0.15) is 0 Å². The van der Waals surface area contributed by atoms with Gasteiger partial charge in [-0.15, -0.1) is 0 Å². The Balaban J connectivity index is 2.35. The van der Waals surface area contributed by atoms with E-state index in [0.717, 1.165) is 6.42 Å². The lowest BCUT2D eigenvalue weighted by molar-refractivity contribution is -0.121. The predicted molar refractivity (Wildman–Crippen MR) is 74.7 cm³/mol. The van der Waals surface area contributed by atoms with Crippen LogP contribution in [0.5, 0.6) is 0 Å². The van der Waals surface area contributed by atoms with Crippen LogP contribution in [0.25, 0.3) is 0 Å². The minimum absolute atomic E-state index is 0.0202. The molecule has 0 aliphatic carbocycles. The van der Waals surface area contributed by atoms with Crippen molar-refractivity contribution in [3.05, 3.63) is 17.3 Å². The van der Waals surface area contributed by atoms with E-state index in [1.807, 2.05) is 13.8 Å². The van der Waals surface area contributed by atoms with Gasteiger partial charge in [0.15, 0.2) is 0 Å². The summed E-state index contributed by atoms with van der Waals surface area (Å²) in [7, 11) is 0. The average molecular weight is 271 g/mol. The summed E-state index contributed by atoms with van der Waals surface area (Å²) in [5.41, 5.74) is 6.17. The first-order chi connectivity index (χ1) is 8.51. The van der Waals surface area contributed by atoms with Gasteiger partial charge in [-0.05, 0) is 19.4 Å². The maximum absolute atomic E-state index is 11.5. The Kier molecular flexibility index (Phi) is 5.71. The van der Waals surface area contributed by atoms with Crippen molar-refractivity contribution in [2.24, 2.45) is 0 Å². The number of nitrogens with two attached hydrogens (primary N) is 1. The van der Waals surface area contributed by atoms with E-state index < -0.39 is 0 Å². The van der Waals surface area contributed by atoms with Gasteiger partial charge in [-0.1, -0.05) is 18.5 Å². The Bertz CT molecular complexity index is 391. The SMILES string of the molecule is CCC(C)NC(=O)CCNc1cc(N)cc(Cl)n1. The molecular formula is C12H19ClN4O. The number of anilines is 2. The van der Waals surface area contributed by atoms with Gasteiger partial charge in [0.2, 0.25) is 5.91 Å². The molecule has 0 radical (unpaired) electrons. The van der Waals surface area contributed by atoms with Gasteiger partial charge in [-0.3, -0.25) is 4.79 Å². The van der Waals surface area contributed by atoms with Crippen molar-refractivity contribution >= 4 is 29.0 Å². The highest BCUT2D eigenvalue weighted by atomic mass is 35.5. The van der Waals surface area contributed by atoms with E-state index in [9.17, 15) is 4.79 Å². The highest BCUT2D eigenvalue weighted by Crippen LogP contribution is 2.15. The van der Waals surface area contributed by atoms with E-state index in [2.05, 4.69) is 15.6 Å². The zero-order valence-electron chi connectivity index (χ0n) is 10.7. The third-order valence-electron chi connectivity index (χ3n) is 2.49. The molecule has 1 rings (SSSR count). The van der Waals surface area contributed by atoms with E-state index in [0.29, 0.717) is 29.6 Å². The van der Waals surface area contributed by atoms with E-state index >= 15 is 0 Å². The average Bonchev–Trinajstić information content (AvgIpc) is 2.27. The molecule has 1 amide bonds. The van der Waals surface area contributed by atoms with Crippen molar-refractivity contribution in [3.63, 3.8) is 0 Å². The molecule has 4 N–H and O–H groups in total. The van der Waals surface area contributed by atoms with Crippen LogP contribution in [0.1, 0.15) is 26.7 Å². The van der Waals surface area contributed by atoms with Crippen LogP contribution in [-0.2, 0) is 4.79 Å². The van der Waals surface area contributed by atoms with Crippen molar-refractivity contribution in [3.8, 4) is 0 Å². The van der Waals surface area contributed by atoms with Gasteiger partial charge in [0.1, 0.15) is 11.0 Å². The number of hydrogen-bond acceptors (Lipinski definition) is 4. The van der Waals surface area contributed by atoms with Gasteiger partial charge in [0.25, 0.3) is 0 Å². The first-order valence-electron chi connectivity index (χ1n) is 5.97. The number of aromatic nitrogens is 1. The van der Waals surface area contributed by atoms with Crippen LogP contribution in [0.15, 0.2) is 12.1 Å². The summed E-state index contributed by atoms with van der Waals surface area (Å²) in [4.78, 5) is 15.6. The van der Waals surface area contributed by atoms with Gasteiger partial charge in [-0.25, -0.2) is 4.98 Å². The summed E-state index contributed by atoms with van der Waals surface area (Å²) >= 11 is 5.77. The molecule has 100 valence electrons. The van der Waals surface area contributed by atoms with E-state index in [-0.39, 0.29) is 11.9 Å². The van der Waals surface area contributed by atoms with Crippen LogP contribution < -0.4 is 16.4 Å². The summed E-state index contributed by atoms with van der Waals surface area (Å²) < 4.78 is 0. The molecule has 0 aliphatic rings. The van der Waals surface area contributed by atoms with Crippen LogP contribution in [0.3, 0.4) is 0 Å². The number of nitrogen functional groups attached to an aromatic ring is 1. The molecule has 0 spiro atoms. The molecule has 1 aromatic heterocycles. The Labute approximate surface area is 112 Å². The number of carbonyl (C=O) groups excluding carboxylic acids is 1. The lowest BCUT2D eigenvalue weighted by Crippen LogP contribution is -2.33. The van der Waals surface area contributed by atoms with Gasteiger partial charge < -0.3 is 16.4 Å². The summed E-state index contributed by atoms with van der Waals surface area (Å²) in [5.74, 6) is 0.600. The molecule has 0 aromatic carbocycles. The fourth-order valence-corrected chi connectivity index (χ4v) is 1.58. The molecule has 1 unspecified atom stereocenters. The Hall–Kier alpha value is -1.49. The minimum atomic E-state index is 0.0202. The second kappa shape index (κ2) is 7.06. The zero-order valence-corrected chi connectivity index (χ0v) is 11.4. The first-order valence-corrected chi connectivity index (χ1v) is 6.35. The number of hydrogen-bond donors (Lipinski definition) is 3. The lowest BCUT2D eigenvalue weighted by Gasteiger charge is -2.11. The molecular weight excluding hydrogens is 252 g/mol. The molecule has 1 aromatic rings. The quantitative estimate of drug-likeness (QED) is 0.691. The monoisotopic (exact) mass is 270 g/mol. The van der Waals surface area contributed by atoms with Crippen molar-refractivity contribution in [1.82, 2.24) is 10.3 Å². The highest BCUT2D eigenvalue weighted by molar-refractivity contribution is 6.29. The van der Waals surface area contributed by atoms with Crippen LogP contribution >= 0.6 is 11.6 Å². The van der Waals surface area contributed by atoms with Crippen LogP contribution in [0, 0.1) is 0 Å². The molecule has 6 heteroatoms. The maximum Gasteiger partial charge on any atom is 0.221 e.